The molecule has 1 unspecified atom stereocenters. The molecule has 1 aromatic carbocycles. The number of nitrogens with one attached hydrogen (secondary N) is 2. The van der Waals surface area contributed by atoms with Gasteiger partial charge in [0, 0.05) is 17.1 Å². The highest BCUT2D eigenvalue weighted by molar-refractivity contribution is 7.09. The Morgan fingerprint density at radius 1 is 1.29 bits per heavy atom. The molecule has 2 rings (SSSR count). The first-order valence-corrected chi connectivity index (χ1v) is 7.99. The van der Waals surface area contributed by atoms with Gasteiger partial charge in [-0.25, -0.2) is 0 Å². The van der Waals surface area contributed by atoms with E-state index in [4.69, 9.17) is 11.6 Å². The van der Waals surface area contributed by atoms with E-state index in [1.165, 1.54) is 0 Å². The Balaban J connectivity index is 1.99. The lowest BCUT2D eigenvalue weighted by Gasteiger charge is -2.14. The van der Waals surface area contributed by atoms with Crippen molar-refractivity contribution in [3.8, 4) is 0 Å². The molecule has 0 bridgehead atoms. The average Bonchev–Trinajstić information content (AvgIpc) is 3.04. The zero-order chi connectivity index (χ0) is 15.1. The summed E-state index contributed by atoms with van der Waals surface area (Å²) in [5.74, 6) is 0.00610. The minimum atomic E-state index is -0.645. The minimum Gasteiger partial charge on any atom is -0.390 e. The molecule has 0 spiro atoms. The molecule has 1 aromatic heterocycles. The molecule has 0 saturated heterocycles. The first-order chi connectivity index (χ1) is 10.2. The molecule has 0 aliphatic rings. The van der Waals surface area contributed by atoms with Crippen molar-refractivity contribution in [2.45, 2.75) is 12.6 Å². The summed E-state index contributed by atoms with van der Waals surface area (Å²) in [6.45, 7) is 0.813. The van der Waals surface area contributed by atoms with Crippen molar-refractivity contribution in [1.29, 1.82) is 0 Å². The Hall–Kier alpha value is -1.56. The molecule has 1 heterocycles. The van der Waals surface area contributed by atoms with Gasteiger partial charge in [0.25, 0.3) is 5.91 Å². The van der Waals surface area contributed by atoms with Crippen LogP contribution in [0.4, 0.5) is 5.69 Å². The summed E-state index contributed by atoms with van der Waals surface area (Å²) in [4.78, 5) is 13.3. The fraction of sp³-hybridized carbons (Fsp3) is 0.267. The maximum Gasteiger partial charge on any atom is 0.253 e. The summed E-state index contributed by atoms with van der Waals surface area (Å²) >= 11 is 7.16. The molecular weight excluding hydrogens is 308 g/mol. The predicted molar refractivity (Wildman–Crippen MR) is 87.1 cm³/mol. The zero-order valence-corrected chi connectivity index (χ0v) is 13.0. The summed E-state index contributed by atoms with van der Waals surface area (Å²) in [7, 11) is 0. The van der Waals surface area contributed by atoms with Crippen LogP contribution in [0.25, 0.3) is 0 Å². The molecule has 0 fully saturated rings. The minimum absolute atomic E-state index is 0.146. The highest BCUT2D eigenvalue weighted by Gasteiger charge is 2.11. The van der Waals surface area contributed by atoms with Crippen LogP contribution in [0, 0.1) is 0 Å². The number of benzene rings is 1. The standard InChI is InChI=1S/C15H17ClN2O2S/c16-8-11(19)9-17-14-6-2-1-5-13(14)15(20)18-10-12-4-3-7-21-12/h1-7,11,17,19H,8-10H2,(H,18,20). The van der Waals surface area contributed by atoms with E-state index in [0.29, 0.717) is 24.3 Å². The van der Waals surface area contributed by atoms with E-state index >= 15 is 0 Å². The lowest BCUT2D eigenvalue weighted by molar-refractivity contribution is 0.0952. The number of hydrogen-bond acceptors (Lipinski definition) is 4. The van der Waals surface area contributed by atoms with Gasteiger partial charge in [-0.3, -0.25) is 4.79 Å². The normalized spacial score (nSPS) is 11.9. The second kappa shape index (κ2) is 8.02. The second-order valence-corrected chi connectivity index (χ2v) is 5.84. The van der Waals surface area contributed by atoms with E-state index in [0.717, 1.165) is 4.88 Å². The van der Waals surface area contributed by atoms with E-state index in [1.807, 2.05) is 29.6 Å². The van der Waals surface area contributed by atoms with Gasteiger partial charge in [0.2, 0.25) is 0 Å². The number of carbonyl (C=O) groups is 1. The number of hydrogen-bond donors (Lipinski definition) is 3. The Morgan fingerprint density at radius 2 is 2.10 bits per heavy atom. The van der Waals surface area contributed by atoms with Crippen molar-refractivity contribution in [1.82, 2.24) is 5.32 Å². The summed E-state index contributed by atoms with van der Waals surface area (Å²) in [5.41, 5.74) is 1.24. The smallest absolute Gasteiger partial charge is 0.253 e. The van der Waals surface area contributed by atoms with Gasteiger partial charge in [0.15, 0.2) is 0 Å². The monoisotopic (exact) mass is 324 g/mol. The fourth-order valence-electron chi connectivity index (χ4n) is 1.79. The van der Waals surface area contributed by atoms with Crippen LogP contribution in [0.3, 0.4) is 0 Å². The molecule has 1 atom stereocenters. The molecule has 0 aliphatic carbocycles. The van der Waals surface area contributed by atoms with Crippen LogP contribution in [0.1, 0.15) is 15.2 Å². The highest BCUT2D eigenvalue weighted by Crippen LogP contribution is 2.16. The Morgan fingerprint density at radius 3 is 2.81 bits per heavy atom. The summed E-state index contributed by atoms with van der Waals surface area (Å²) in [5, 5.41) is 17.4. The van der Waals surface area contributed by atoms with E-state index < -0.39 is 6.10 Å². The van der Waals surface area contributed by atoms with Crippen molar-refractivity contribution in [2.24, 2.45) is 0 Å². The van der Waals surface area contributed by atoms with Crippen LogP contribution < -0.4 is 10.6 Å². The molecular formula is C15H17ClN2O2S. The van der Waals surface area contributed by atoms with Crippen molar-refractivity contribution < 1.29 is 9.90 Å². The van der Waals surface area contributed by atoms with Gasteiger partial charge >= 0.3 is 0 Å². The van der Waals surface area contributed by atoms with Gasteiger partial charge < -0.3 is 15.7 Å². The van der Waals surface area contributed by atoms with Gasteiger partial charge in [-0.15, -0.1) is 22.9 Å². The van der Waals surface area contributed by atoms with E-state index in [1.54, 1.807) is 23.5 Å². The number of halogens is 1. The number of aliphatic hydroxyl groups is 1. The zero-order valence-electron chi connectivity index (χ0n) is 11.4. The molecule has 0 radical (unpaired) electrons. The van der Waals surface area contributed by atoms with Gasteiger partial charge in [0.1, 0.15) is 0 Å². The lowest BCUT2D eigenvalue weighted by Crippen LogP contribution is -2.25. The summed E-state index contributed by atoms with van der Waals surface area (Å²) in [6, 6.07) is 11.1. The summed E-state index contributed by atoms with van der Waals surface area (Å²) < 4.78 is 0. The van der Waals surface area contributed by atoms with Gasteiger partial charge in [-0.05, 0) is 23.6 Å². The van der Waals surface area contributed by atoms with Crippen LogP contribution in [0.5, 0.6) is 0 Å². The Labute approximate surface area is 132 Å². The number of aliphatic hydroxyl groups excluding tert-OH is 1. The van der Waals surface area contributed by atoms with Crippen LogP contribution in [0.2, 0.25) is 0 Å². The third-order valence-electron chi connectivity index (χ3n) is 2.88. The van der Waals surface area contributed by atoms with Crippen LogP contribution in [0.15, 0.2) is 41.8 Å². The molecule has 0 aliphatic heterocycles. The van der Waals surface area contributed by atoms with Gasteiger partial charge in [-0.1, -0.05) is 18.2 Å². The van der Waals surface area contributed by atoms with Crippen molar-refractivity contribution in [2.75, 3.05) is 17.7 Å². The summed E-state index contributed by atoms with van der Waals surface area (Å²) in [6.07, 6.45) is -0.645. The van der Waals surface area contributed by atoms with E-state index in [2.05, 4.69) is 10.6 Å². The number of para-hydroxylation sites is 1. The number of amides is 1. The maximum absolute atomic E-state index is 12.2. The number of anilines is 1. The number of alkyl halides is 1. The largest absolute Gasteiger partial charge is 0.390 e. The van der Waals surface area contributed by atoms with E-state index in [-0.39, 0.29) is 11.8 Å². The number of thiophene rings is 1. The molecule has 2 aromatic rings. The molecule has 112 valence electrons. The number of rotatable bonds is 7. The van der Waals surface area contributed by atoms with Crippen molar-refractivity contribution in [3.05, 3.63) is 52.2 Å². The fourth-order valence-corrected chi connectivity index (χ4v) is 2.55. The first-order valence-electron chi connectivity index (χ1n) is 6.58. The van der Waals surface area contributed by atoms with Crippen molar-refractivity contribution >= 4 is 34.5 Å². The average molecular weight is 325 g/mol. The van der Waals surface area contributed by atoms with E-state index in [9.17, 15) is 9.90 Å². The SMILES string of the molecule is O=C(NCc1cccs1)c1ccccc1NCC(O)CCl. The molecule has 6 heteroatoms. The maximum atomic E-state index is 12.2. The molecule has 0 saturated carbocycles. The van der Waals surface area contributed by atoms with Crippen LogP contribution in [-0.2, 0) is 6.54 Å². The van der Waals surface area contributed by atoms with Crippen molar-refractivity contribution in [3.63, 3.8) is 0 Å². The quantitative estimate of drug-likeness (QED) is 0.686. The molecule has 1 amide bonds. The van der Waals surface area contributed by atoms with Gasteiger partial charge in [0.05, 0.1) is 24.1 Å². The lowest BCUT2D eigenvalue weighted by atomic mass is 10.1. The molecule has 4 nitrogen and oxygen atoms in total. The third kappa shape index (κ3) is 4.74. The van der Waals surface area contributed by atoms with Crippen LogP contribution >= 0.6 is 22.9 Å². The predicted octanol–water partition coefficient (Wildman–Crippen LogP) is 2.69. The molecule has 21 heavy (non-hydrogen) atoms. The third-order valence-corrected chi connectivity index (χ3v) is 4.11. The van der Waals surface area contributed by atoms with Crippen LogP contribution in [-0.4, -0.2) is 29.5 Å². The Kier molecular flexibility index (Phi) is 6.04. The van der Waals surface area contributed by atoms with Gasteiger partial charge in [-0.2, -0.15) is 0 Å². The second-order valence-electron chi connectivity index (χ2n) is 4.50. The molecule has 3 N–H and O–H groups in total. The first kappa shape index (κ1) is 15.8. The number of carbonyl (C=O) groups excluding carboxylic acids is 1. The highest BCUT2D eigenvalue weighted by atomic mass is 35.5. The topological polar surface area (TPSA) is 61.4 Å². The Bertz CT molecular complexity index is 575.